The first-order valence-electron chi connectivity index (χ1n) is 12.0. The molecule has 0 fully saturated rings. The molecule has 0 saturated carbocycles. The second-order valence-electron chi connectivity index (χ2n) is 9.54. The van der Waals surface area contributed by atoms with Crippen LogP contribution < -0.4 is 0 Å². The van der Waals surface area contributed by atoms with Crippen LogP contribution in [0.2, 0.25) is 0 Å². The molecule has 0 heterocycles. The van der Waals surface area contributed by atoms with Crippen molar-refractivity contribution in [1.82, 2.24) is 0 Å². The Morgan fingerprint density at radius 1 is 0.600 bits per heavy atom. The highest BCUT2D eigenvalue weighted by atomic mass is 14.1. The SMILES string of the molecule is CC=C(CC=C(C)C)C(C)CC(C)=CCCC=C(C)CCC=C(C)CCC=C(C)C. The highest BCUT2D eigenvalue weighted by Crippen LogP contribution is 2.23. The molecule has 0 aromatic heterocycles. The molecule has 0 aromatic carbocycles. The predicted molar refractivity (Wildman–Crippen MR) is 140 cm³/mol. The number of rotatable bonds is 14. The van der Waals surface area contributed by atoms with E-state index in [1.807, 2.05) is 0 Å². The lowest BCUT2D eigenvalue weighted by atomic mass is 9.90. The Morgan fingerprint density at radius 2 is 1.07 bits per heavy atom. The second-order valence-corrected chi connectivity index (χ2v) is 9.54. The van der Waals surface area contributed by atoms with E-state index in [9.17, 15) is 0 Å². The molecule has 0 N–H and O–H groups in total. The highest BCUT2D eigenvalue weighted by molar-refractivity contribution is 5.15. The molecule has 1 atom stereocenters. The smallest absolute Gasteiger partial charge is 0.0134 e. The molecule has 0 aliphatic heterocycles. The quantitative estimate of drug-likeness (QED) is 0.197. The van der Waals surface area contributed by atoms with Crippen LogP contribution in [0.25, 0.3) is 0 Å². The van der Waals surface area contributed by atoms with Crippen LogP contribution >= 0.6 is 0 Å². The lowest BCUT2D eigenvalue weighted by molar-refractivity contribution is 0.653. The van der Waals surface area contributed by atoms with Gasteiger partial charge in [-0.1, -0.05) is 76.8 Å². The number of allylic oxidation sites excluding steroid dienone is 12. The van der Waals surface area contributed by atoms with Crippen molar-refractivity contribution in [3.63, 3.8) is 0 Å². The maximum atomic E-state index is 2.45. The van der Waals surface area contributed by atoms with E-state index < -0.39 is 0 Å². The summed E-state index contributed by atoms with van der Waals surface area (Å²) in [5.41, 5.74) is 8.97. The maximum Gasteiger partial charge on any atom is -0.0134 e. The molecular weight excluding hydrogens is 360 g/mol. The molecule has 0 saturated heterocycles. The molecule has 0 heteroatoms. The Kier molecular flexibility index (Phi) is 16.3. The fourth-order valence-corrected chi connectivity index (χ4v) is 3.62. The highest BCUT2D eigenvalue weighted by Gasteiger charge is 2.07. The van der Waals surface area contributed by atoms with Crippen LogP contribution in [0.5, 0.6) is 0 Å². The summed E-state index contributed by atoms with van der Waals surface area (Å²) in [5, 5.41) is 0. The standard InChI is InChI=1S/C30H50/c1-10-30(22-21-25(4)5)29(9)23-28(8)17-12-11-16-26(6)19-14-20-27(7)18-13-15-24(2)3/h10,15-17,20-21,29H,11-14,18-19,22-23H2,1-9H3. The zero-order valence-corrected chi connectivity index (χ0v) is 21.7. The normalized spacial score (nSPS) is 14.6. The number of hydrogen-bond acceptors (Lipinski definition) is 0. The summed E-state index contributed by atoms with van der Waals surface area (Å²) in [6.07, 6.45) is 23.6. The van der Waals surface area contributed by atoms with E-state index in [4.69, 9.17) is 0 Å². The van der Waals surface area contributed by atoms with Crippen LogP contribution in [0.4, 0.5) is 0 Å². The topological polar surface area (TPSA) is 0 Å². The van der Waals surface area contributed by atoms with Gasteiger partial charge in [0.15, 0.2) is 0 Å². The summed E-state index contributed by atoms with van der Waals surface area (Å²) in [6, 6.07) is 0. The largest absolute Gasteiger partial charge is 0.0879 e. The summed E-state index contributed by atoms with van der Waals surface area (Å²) in [6.45, 7) is 20.1. The molecule has 0 bridgehead atoms. The van der Waals surface area contributed by atoms with Gasteiger partial charge in [-0.05, 0) is 113 Å². The zero-order chi connectivity index (χ0) is 22.9. The summed E-state index contributed by atoms with van der Waals surface area (Å²) < 4.78 is 0. The Bertz CT molecular complexity index is 650. The Hall–Kier alpha value is -1.56. The van der Waals surface area contributed by atoms with Gasteiger partial charge in [-0.25, -0.2) is 0 Å². The van der Waals surface area contributed by atoms with Gasteiger partial charge in [0.05, 0.1) is 0 Å². The molecule has 0 aliphatic carbocycles. The summed E-state index contributed by atoms with van der Waals surface area (Å²) in [4.78, 5) is 0. The molecule has 0 aromatic rings. The first-order chi connectivity index (χ1) is 14.1. The summed E-state index contributed by atoms with van der Waals surface area (Å²) >= 11 is 0. The zero-order valence-electron chi connectivity index (χ0n) is 21.7. The van der Waals surface area contributed by atoms with Gasteiger partial charge in [0.2, 0.25) is 0 Å². The number of hydrogen-bond donors (Lipinski definition) is 0. The van der Waals surface area contributed by atoms with Gasteiger partial charge in [-0.15, -0.1) is 0 Å². The molecule has 0 amide bonds. The van der Waals surface area contributed by atoms with E-state index in [-0.39, 0.29) is 0 Å². The minimum atomic E-state index is 0.630. The third-order valence-corrected chi connectivity index (χ3v) is 5.65. The monoisotopic (exact) mass is 410 g/mol. The van der Waals surface area contributed by atoms with Gasteiger partial charge < -0.3 is 0 Å². The van der Waals surface area contributed by atoms with Crippen LogP contribution in [0, 0.1) is 5.92 Å². The lowest BCUT2D eigenvalue weighted by Crippen LogP contribution is -2.00. The van der Waals surface area contributed by atoms with E-state index in [2.05, 4.69) is 98.8 Å². The van der Waals surface area contributed by atoms with Gasteiger partial charge in [-0.2, -0.15) is 0 Å². The minimum Gasteiger partial charge on any atom is -0.0879 e. The first-order valence-corrected chi connectivity index (χ1v) is 12.0. The molecule has 0 rings (SSSR count). The van der Waals surface area contributed by atoms with E-state index >= 15 is 0 Å². The molecule has 0 aliphatic rings. The van der Waals surface area contributed by atoms with Gasteiger partial charge in [-0.3, -0.25) is 0 Å². The van der Waals surface area contributed by atoms with Crippen LogP contribution in [0.1, 0.15) is 114 Å². The fourth-order valence-electron chi connectivity index (χ4n) is 3.62. The summed E-state index contributed by atoms with van der Waals surface area (Å²) in [7, 11) is 0. The van der Waals surface area contributed by atoms with Crippen molar-refractivity contribution in [2.75, 3.05) is 0 Å². The van der Waals surface area contributed by atoms with Gasteiger partial charge in [0, 0.05) is 0 Å². The molecule has 1 unspecified atom stereocenters. The Balaban J connectivity index is 4.30. The van der Waals surface area contributed by atoms with Gasteiger partial charge in [0.25, 0.3) is 0 Å². The molecule has 0 spiro atoms. The van der Waals surface area contributed by atoms with E-state index in [0.717, 1.165) is 19.3 Å². The molecule has 0 radical (unpaired) electrons. The first kappa shape index (κ1) is 28.4. The third kappa shape index (κ3) is 16.3. The van der Waals surface area contributed by atoms with Crippen molar-refractivity contribution in [1.29, 1.82) is 0 Å². The average molecular weight is 411 g/mol. The third-order valence-electron chi connectivity index (χ3n) is 5.65. The van der Waals surface area contributed by atoms with E-state index in [1.165, 1.54) is 60.0 Å². The van der Waals surface area contributed by atoms with Crippen molar-refractivity contribution >= 4 is 0 Å². The van der Waals surface area contributed by atoms with Crippen molar-refractivity contribution < 1.29 is 0 Å². The van der Waals surface area contributed by atoms with E-state index in [0.29, 0.717) is 5.92 Å². The predicted octanol–water partition coefficient (Wildman–Crippen LogP) is 10.5. The molecular formula is C30H50. The van der Waals surface area contributed by atoms with Gasteiger partial charge >= 0.3 is 0 Å². The van der Waals surface area contributed by atoms with Crippen LogP contribution in [0.3, 0.4) is 0 Å². The Labute approximate surface area is 189 Å². The molecule has 30 heavy (non-hydrogen) atoms. The fraction of sp³-hybridized carbons (Fsp3) is 0.600. The van der Waals surface area contributed by atoms with Crippen molar-refractivity contribution in [3.05, 3.63) is 69.9 Å². The van der Waals surface area contributed by atoms with Crippen molar-refractivity contribution in [2.24, 2.45) is 5.92 Å². The van der Waals surface area contributed by atoms with Crippen LogP contribution in [-0.2, 0) is 0 Å². The van der Waals surface area contributed by atoms with Crippen LogP contribution in [0.15, 0.2) is 69.9 Å². The summed E-state index contributed by atoms with van der Waals surface area (Å²) in [5.74, 6) is 0.630. The Morgan fingerprint density at radius 3 is 1.57 bits per heavy atom. The average Bonchev–Trinajstić information content (AvgIpc) is 2.65. The van der Waals surface area contributed by atoms with Crippen molar-refractivity contribution in [3.8, 4) is 0 Å². The van der Waals surface area contributed by atoms with Crippen LogP contribution in [-0.4, -0.2) is 0 Å². The molecule has 0 nitrogen and oxygen atoms in total. The van der Waals surface area contributed by atoms with Gasteiger partial charge in [0.1, 0.15) is 0 Å². The van der Waals surface area contributed by atoms with Crippen molar-refractivity contribution in [2.45, 2.75) is 114 Å². The molecule has 170 valence electrons. The maximum absolute atomic E-state index is 2.45. The lowest BCUT2D eigenvalue weighted by Gasteiger charge is -2.15. The number of unbranched alkanes of at least 4 members (excludes halogenated alkanes) is 1. The minimum absolute atomic E-state index is 0.630. The van der Waals surface area contributed by atoms with E-state index in [1.54, 1.807) is 5.57 Å². The second kappa shape index (κ2) is 17.2.